The Bertz CT molecular complexity index is 322. The van der Waals surface area contributed by atoms with Crippen molar-refractivity contribution in [2.45, 2.75) is 6.61 Å². The molecule has 0 fully saturated rings. The quantitative estimate of drug-likeness (QED) is 0.404. The molecule has 0 aliphatic rings. The van der Waals surface area contributed by atoms with E-state index in [1.54, 1.807) is 12.1 Å². The van der Waals surface area contributed by atoms with Gasteiger partial charge in [-0.2, -0.15) is 0 Å². The molecule has 0 saturated carbocycles. The second-order valence-electron chi connectivity index (χ2n) is 2.40. The van der Waals surface area contributed by atoms with Crippen molar-refractivity contribution in [3.05, 3.63) is 52.8 Å². The number of hydrogen-bond donors (Lipinski definition) is 0. The van der Waals surface area contributed by atoms with Gasteiger partial charge in [-0.1, -0.05) is 18.7 Å². The topological polar surface area (TPSA) is 52.4 Å². The van der Waals surface area contributed by atoms with Crippen LogP contribution in [0.2, 0.25) is 0 Å². The third-order valence-electron chi connectivity index (χ3n) is 1.49. The first-order chi connectivity index (χ1) is 6.24. The number of hydrogen-bond acceptors (Lipinski definition) is 3. The number of nitro groups is 1. The first-order valence-corrected chi connectivity index (χ1v) is 3.70. The summed E-state index contributed by atoms with van der Waals surface area (Å²) in [5.74, 6) is 0. The summed E-state index contributed by atoms with van der Waals surface area (Å²) in [5, 5.41) is 10.4. The first-order valence-electron chi connectivity index (χ1n) is 3.70. The van der Waals surface area contributed by atoms with Gasteiger partial charge in [-0.3, -0.25) is 10.1 Å². The van der Waals surface area contributed by atoms with Gasteiger partial charge in [0.15, 0.2) is 0 Å². The van der Waals surface area contributed by atoms with Crippen LogP contribution in [0.25, 0.3) is 0 Å². The number of nitrogens with zero attached hydrogens (tertiary/aromatic N) is 1. The van der Waals surface area contributed by atoms with Gasteiger partial charge in [-0.25, -0.2) is 0 Å². The van der Waals surface area contributed by atoms with Crippen LogP contribution in [0.15, 0.2) is 37.1 Å². The van der Waals surface area contributed by atoms with Crippen molar-refractivity contribution >= 4 is 5.69 Å². The lowest BCUT2D eigenvalue weighted by molar-refractivity contribution is -0.384. The maximum atomic E-state index is 10.4. The number of non-ortho nitro benzene ring substituents is 1. The van der Waals surface area contributed by atoms with Crippen molar-refractivity contribution in [3.63, 3.8) is 0 Å². The Morgan fingerprint density at radius 3 is 3.00 bits per heavy atom. The molecule has 13 heavy (non-hydrogen) atoms. The van der Waals surface area contributed by atoms with Crippen LogP contribution >= 0.6 is 0 Å². The van der Waals surface area contributed by atoms with Crippen molar-refractivity contribution in [1.29, 1.82) is 0 Å². The fourth-order valence-electron chi connectivity index (χ4n) is 0.915. The zero-order valence-electron chi connectivity index (χ0n) is 6.97. The van der Waals surface area contributed by atoms with Gasteiger partial charge in [0.05, 0.1) is 11.2 Å². The summed E-state index contributed by atoms with van der Waals surface area (Å²) in [5.41, 5.74) is 0.833. The van der Waals surface area contributed by atoms with Crippen LogP contribution in [0.5, 0.6) is 0 Å². The molecule has 0 aromatic heterocycles. The Morgan fingerprint density at radius 2 is 2.38 bits per heavy atom. The van der Waals surface area contributed by atoms with E-state index in [2.05, 4.69) is 6.58 Å². The standard InChI is InChI=1S/C9H9NO3/c1-2-13-7-8-4-3-5-9(6-8)10(11)12/h2-6H,1,7H2. The van der Waals surface area contributed by atoms with Crippen molar-refractivity contribution < 1.29 is 9.66 Å². The maximum Gasteiger partial charge on any atom is 0.269 e. The molecule has 68 valence electrons. The van der Waals surface area contributed by atoms with Crippen LogP contribution in [0.4, 0.5) is 5.69 Å². The molecule has 0 saturated heterocycles. The van der Waals surface area contributed by atoms with E-state index in [4.69, 9.17) is 4.74 Å². The van der Waals surface area contributed by atoms with E-state index in [-0.39, 0.29) is 5.69 Å². The summed E-state index contributed by atoms with van der Waals surface area (Å²) < 4.78 is 4.90. The zero-order chi connectivity index (χ0) is 9.68. The molecule has 0 heterocycles. The molecule has 4 nitrogen and oxygen atoms in total. The predicted molar refractivity (Wildman–Crippen MR) is 48.1 cm³/mol. The molecule has 0 atom stereocenters. The third kappa shape index (κ3) is 2.59. The smallest absolute Gasteiger partial charge is 0.269 e. The normalized spacial score (nSPS) is 9.23. The predicted octanol–water partition coefficient (Wildman–Crippen LogP) is 2.25. The summed E-state index contributed by atoms with van der Waals surface area (Å²) in [6.07, 6.45) is 1.30. The fourth-order valence-corrected chi connectivity index (χ4v) is 0.915. The average molecular weight is 179 g/mol. The van der Waals surface area contributed by atoms with E-state index in [0.29, 0.717) is 6.61 Å². The van der Waals surface area contributed by atoms with E-state index in [1.807, 2.05) is 0 Å². The number of ether oxygens (including phenoxy) is 1. The average Bonchev–Trinajstić information content (AvgIpc) is 2.15. The number of rotatable bonds is 4. The molecule has 0 bridgehead atoms. The monoisotopic (exact) mass is 179 g/mol. The molecule has 1 aromatic rings. The minimum Gasteiger partial charge on any atom is -0.497 e. The maximum absolute atomic E-state index is 10.4. The second kappa shape index (κ2) is 4.25. The molecule has 0 N–H and O–H groups in total. The van der Waals surface area contributed by atoms with Crippen molar-refractivity contribution in [2.24, 2.45) is 0 Å². The molecule has 4 heteroatoms. The van der Waals surface area contributed by atoms with Crippen LogP contribution in [0.1, 0.15) is 5.56 Å². The lowest BCUT2D eigenvalue weighted by atomic mass is 10.2. The number of nitro benzene ring substituents is 1. The van der Waals surface area contributed by atoms with Gasteiger partial charge in [0, 0.05) is 12.1 Å². The highest BCUT2D eigenvalue weighted by Gasteiger charge is 2.04. The van der Waals surface area contributed by atoms with E-state index in [0.717, 1.165) is 5.56 Å². The van der Waals surface area contributed by atoms with Crippen LogP contribution in [0.3, 0.4) is 0 Å². The fraction of sp³-hybridized carbons (Fsp3) is 0.111. The van der Waals surface area contributed by atoms with Gasteiger partial charge in [-0.05, 0) is 5.56 Å². The highest BCUT2D eigenvalue weighted by atomic mass is 16.6. The van der Waals surface area contributed by atoms with Crippen molar-refractivity contribution in [2.75, 3.05) is 0 Å². The van der Waals surface area contributed by atoms with Crippen molar-refractivity contribution in [1.82, 2.24) is 0 Å². The van der Waals surface area contributed by atoms with Gasteiger partial charge in [0.2, 0.25) is 0 Å². The molecular formula is C9H9NO3. The minimum absolute atomic E-state index is 0.0742. The van der Waals surface area contributed by atoms with Gasteiger partial charge >= 0.3 is 0 Å². The zero-order valence-corrected chi connectivity index (χ0v) is 6.97. The second-order valence-corrected chi connectivity index (χ2v) is 2.40. The van der Waals surface area contributed by atoms with Crippen LogP contribution in [-0.2, 0) is 11.3 Å². The van der Waals surface area contributed by atoms with Gasteiger partial charge in [-0.15, -0.1) is 0 Å². The molecule has 1 rings (SSSR count). The van der Waals surface area contributed by atoms with E-state index < -0.39 is 4.92 Å². The van der Waals surface area contributed by atoms with E-state index in [9.17, 15) is 10.1 Å². The Hall–Kier alpha value is -1.84. The van der Waals surface area contributed by atoms with E-state index >= 15 is 0 Å². The molecule has 1 aromatic carbocycles. The summed E-state index contributed by atoms with van der Waals surface area (Å²) in [7, 11) is 0. The van der Waals surface area contributed by atoms with Crippen LogP contribution in [0, 0.1) is 10.1 Å². The summed E-state index contributed by atoms with van der Waals surface area (Å²) >= 11 is 0. The number of benzene rings is 1. The third-order valence-corrected chi connectivity index (χ3v) is 1.49. The molecule has 0 spiro atoms. The Balaban J connectivity index is 2.79. The Morgan fingerprint density at radius 1 is 1.62 bits per heavy atom. The Labute approximate surface area is 75.6 Å². The lowest BCUT2D eigenvalue weighted by Crippen LogP contribution is -1.91. The van der Waals surface area contributed by atoms with E-state index in [1.165, 1.54) is 18.4 Å². The van der Waals surface area contributed by atoms with Gasteiger partial charge in [0.1, 0.15) is 6.61 Å². The van der Waals surface area contributed by atoms with Crippen LogP contribution in [-0.4, -0.2) is 4.92 Å². The SMILES string of the molecule is C=COCc1cccc([N+](=O)[O-])c1. The Kier molecular flexibility index (Phi) is 3.03. The molecule has 0 amide bonds. The first kappa shape index (κ1) is 9.25. The molecule has 0 aliphatic carbocycles. The summed E-state index contributed by atoms with van der Waals surface area (Å²) in [4.78, 5) is 9.94. The highest BCUT2D eigenvalue weighted by molar-refractivity contribution is 5.33. The van der Waals surface area contributed by atoms with Crippen LogP contribution < -0.4 is 0 Å². The molecule has 0 unspecified atom stereocenters. The largest absolute Gasteiger partial charge is 0.497 e. The highest BCUT2D eigenvalue weighted by Crippen LogP contribution is 2.13. The summed E-state index contributed by atoms with van der Waals surface area (Å²) in [6, 6.07) is 6.30. The van der Waals surface area contributed by atoms with Crippen molar-refractivity contribution in [3.8, 4) is 0 Å². The minimum atomic E-state index is -0.433. The molecule has 0 radical (unpaired) electrons. The lowest BCUT2D eigenvalue weighted by Gasteiger charge is -1.99. The van der Waals surface area contributed by atoms with Gasteiger partial charge in [0.25, 0.3) is 5.69 Å². The molecular weight excluding hydrogens is 170 g/mol. The van der Waals surface area contributed by atoms with Gasteiger partial charge < -0.3 is 4.74 Å². The summed E-state index contributed by atoms with van der Waals surface area (Å²) in [6.45, 7) is 3.69. The molecule has 0 aliphatic heterocycles.